The van der Waals surface area contributed by atoms with Crippen LogP contribution in [0.1, 0.15) is 24.8 Å². The molecular formula is C20H24BrN3O2. The van der Waals surface area contributed by atoms with E-state index < -0.39 is 0 Å². The number of likely N-dealkylation sites (tertiary alicyclic amines) is 1. The van der Waals surface area contributed by atoms with Gasteiger partial charge in [-0.1, -0.05) is 30.3 Å². The summed E-state index contributed by atoms with van der Waals surface area (Å²) in [4.78, 5) is 26.4. The minimum Gasteiger partial charge on any atom is -0.353 e. The van der Waals surface area contributed by atoms with Gasteiger partial charge in [0.2, 0.25) is 5.91 Å². The Labute approximate surface area is 162 Å². The van der Waals surface area contributed by atoms with Crippen LogP contribution in [0.3, 0.4) is 0 Å². The van der Waals surface area contributed by atoms with Gasteiger partial charge in [-0.15, -0.1) is 0 Å². The molecule has 5 nitrogen and oxygen atoms in total. The van der Waals surface area contributed by atoms with Crippen LogP contribution in [0.25, 0.3) is 0 Å². The maximum Gasteiger partial charge on any atom is 0.250 e. The van der Waals surface area contributed by atoms with Gasteiger partial charge in [-0.3, -0.25) is 14.5 Å². The summed E-state index contributed by atoms with van der Waals surface area (Å²) in [6.45, 7) is 3.35. The van der Waals surface area contributed by atoms with Crippen LogP contribution >= 0.6 is 15.9 Å². The number of hydrogen-bond acceptors (Lipinski definition) is 3. The molecule has 1 aromatic heterocycles. The highest BCUT2D eigenvalue weighted by atomic mass is 79.9. The minimum atomic E-state index is -0.0878. The number of aromatic nitrogens is 1. The van der Waals surface area contributed by atoms with Crippen molar-refractivity contribution in [1.82, 2.24) is 14.8 Å². The summed E-state index contributed by atoms with van der Waals surface area (Å²) in [6.07, 6.45) is 3.98. The summed E-state index contributed by atoms with van der Waals surface area (Å²) < 4.78 is 2.40. The van der Waals surface area contributed by atoms with Crippen molar-refractivity contribution in [1.29, 1.82) is 0 Å². The van der Waals surface area contributed by atoms with E-state index in [4.69, 9.17) is 0 Å². The molecule has 6 heteroatoms. The van der Waals surface area contributed by atoms with E-state index in [2.05, 4.69) is 50.4 Å². The Morgan fingerprint density at radius 1 is 1.12 bits per heavy atom. The number of carbonyl (C=O) groups excluding carboxylic acids is 1. The fourth-order valence-electron chi connectivity index (χ4n) is 3.28. The molecule has 3 rings (SSSR count). The van der Waals surface area contributed by atoms with Crippen LogP contribution in [-0.4, -0.2) is 34.5 Å². The second-order valence-corrected chi connectivity index (χ2v) is 7.65. The zero-order chi connectivity index (χ0) is 18.4. The molecule has 0 aliphatic carbocycles. The van der Waals surface area contributed by atoms with E-state index in [9.17, 15) is 9.59 Å². The fourth-order valence-corrected chi connectivity index (χ4v) is 3.66. The molecule has 1 saturated heterocycles. The first-order valence-electron chi connectivity index (χ1n) is 9.02. The largest absolute Gasteiger partial charge is 0.353 e. The van der Waals surface area contributed by atoms with Crippen molar-refractivity contribution in [3.05, 3.63) is 69.1 Å². The van der Waals surface area contributed by atoms with Crippen LogP contribution in [0.15, 0.2) is 57.9 Å². The van der Waals surface area contributed by atoms with E-state index in [1.54, 1.807) is 16.8 Å². The molecule has 2 heterocycles. The summed E-state index contributed by atoms with van der Waals surface area (Å²) in [5.41, 5.74) is 1.24. The zero-order valence-electron chi connectivity index (χ0n) is 14.7. The van der Waals surface area contributed by atoms with Crippen molar-refractivity contribution >= 4 is 21.8 Å². The molecule has 0 bridgehead atoms. The average molecular weight is 418 g/mol. The van der Waals surface area contributed by atoms with Gasteiger partial charge in [0.25, 0.3) is 5.56 Å². The molecule has 0 unspecified atom stereocenters. The van der Waals surface area contributed by atoms with Crippen LogP contribution in [0.2, 0.25) is 0 Å². The van der Waals surface area contributed by atoms with E-state index in [1.807, 2.05) is 6.07 Å². The summed E-state index contributed by atoms with van der Waals surface area (Å²) in [5.74, 6) is 0.0124. The summed E-state index contributed by atoms with van der Waals surface area (Å²) >= 11 is 3.35. The number of hydrogen-bond donors (Lipinski definition) is 1. The highest BCUT2D eigenvalue weighted by Crippen LogP contribution is 2.14. The molecule has 1 aliphatic rings. The molecule has 2 aromatic rings. The maximum atomic E-state index is 12.2. The standard InChI is InChI=1S/C20H24BrN3O2/c21-17-6-7-20(26)24(15-17)13-10-19(25)22-18-8-11-23(12-9-18)14-16-4-2-1-3-5-16/h1-7,15,18H,8-14H2,(H,22,25). The van der Waals surface area contributed by atoms with Crippen molar-refractivity contribution in [3.63, 3.8) is 0 Å². The lowest BCUT2D eigenvalue weighted by atomic mass is 10.0. The molecule has 138 valence electrons. The monoisotopic (exact) mass is 417 g/mol. The predicted molar refractivity (Wildman–Crippen MR) is 106 cm³/mol. The van der Waals surface area contributed by atoms with E-state index in [-0.39, 0.29) is 17.5 Å². The first kappa shape index (κ1) is 18.9. The van der Waals surface area contributed by atoms with Crippen molar-refractivity contribution in [2.24, 2.45) is 0 Å². The number of piperidine rings is 1. The lowest BCUT2D eigenvalue weighted by Gasteiger charge is -2.32. The van der Waals surface area contributed by atoms with Gasteiger partial charge in [0.1, 0.15) is 0 Å². The van der Waals surface area contributed by atoms with Crippen LogP contribution < -0.4 is 10.9 Å². The molecule has 26 heavy (non-hydrogen) atoms. The Hall–Kier alpha value is -1.92. The number of rotatable bonds is 6. The van der Waals surface area contributed by atoms with Crippen LogP contribution in [-0.2, 0) is 17.9 Å². The van der Waals surface area contributed by atoms with Crippen molar-refractivity contribution in [2.75, 3.05) is 13.1 Å². The normalized spacial score (nSPS) is 15.7. The molecular weight excluding hydrogens is 394 g/mol. The zero-order valence-corrected chi connectivity index (χ0v) is 16.3. The van der Waals surface area contributed by atoms with Crippen molar-refractivity contribution in [2.45, 2.75) is 38.4 Å². The highest BCUT2D eigenvalue weighted by Gasteiger charge is 2.20. The van der Waals surface area contributed by atoms with Gasteiger partial charge in [0, 0.05) is 55.4 Å². The second kappa shape index (κ2) is 9.14. The minimum absolute atomic E-state index is 0.0124. The Morgan fingerprint density at radius 3 is 2.58 bits per heavy atom. The molecule has 0 spiro atoms. The third-order valence-corrected chi connectivity index (χ3v) is 5.20. The van der Waals surface area contributed by atoms with E-state index in [0.717, 1.165) is 36.9 Å². The average Bonchev–Trinajstić information content (AvgIpc) is 2.65. The first-order chi connectivity index (χ1) is 12.6. The maximum absolute atomic E-state index is 12.2. The van der Waals surface area contributed by atoms with Gasteiger partial charge in [-0.25, -0.2) is 0 Å². The Morgan fingerprint density at radius 2 is 1.85 bits per heavy atom. The second-order valence-electron chi connectivity index (χ2n) is 6.73. The SMILES string of the molecule is O=C(CCn1cc(Br)ccc1=O)NC1CCN(Cc2ccccc2)CC1. The molecule has 1 aromatic carbocycles. The number of benzene rings is 1. The van der Waals surface area contributed by atoms with Gasteiger partial charge >= 0.3 is 0 Å². The molecule has 1 amide bonds. The number of nitrogens with zero attached hydrogens (tertiary/aromatic N) is 2. The molecule has 0 radical (unpaired) electrons. The lowest BCUT2D eigenvalue weighted by molar-refractivity contribution is -0.122. The van der Waals surface area contributed by atoms with E-state index in [0.29, 0.717) is 13.0 Å². The Balaban J connectivity index is 1.40. The topological polar surface area (TPSA) is 54.3 Å². The van der Waals surface area contributed by atoms with Crippen LogP contribution in [0.4, 0.5) is 0 Å². The van der Waals surface area contributed by atoms with Crippen molar-refractivity contribution in [3.8, 4) is 0 Å². The molecule has 1 N–H and O–H groups in total. The highest BCUT2D eigenvalue weighted by molar-refractivity contribution is 9.10. The quantitative estimate of drug-likeness (QED) is 0.785. The third kappa shape index (κ3) is 5.54. The van der Waals surface area contributed by atoms with Crippen molar-refractivity contribution < 1.29 is 4.79 Å². The molecule has 0 saturated carbocycles. The van der Waals surface area contributed by atoms with Gasteiger partial charge in [-0.05, 0) is 40.4 Å². The van der Waals surface area contributed by atoms with Gasteiger partial charge < -0.3 is 9.88 Å². The summed E-state index contributed by atoms with van der Waals surface area (Å²) in [5, 5.41) is 3.11. The smallest absolute Gasteiger partial charge is 0.250 e. The number of nitrogens with one attached hydrogen (secondary N) is 1. The van der Waals surface area contributed by atoms with E-state index in [1.165, 1.54) is 11.6 Å². The van der Waals surface area contributed by atoms with Gasteiger partial charge in [0.05, 0.1) is 0 Å². The Kier molecular flexibility index (Phi) is 6.63. The number of pyridine rings is 1. The first-order valence-corrected chi connectivity index (χ1v) is 9.81. The number of aryl methyl sites for hydroxylation is 1. The summed E-state index contributed by atoms with van der Waals surface area (Å²) in [6, 6.07) is 13.9. The van der Waals surface area contributed by atoms with Crippen LogP contribution in [0, 0.1) is 0 Å². The van der Waals surface area contributed by atoms with Gasteiger partial charge in [0.15, 0.2) is 0 Å². The number of carbonyl (C=O) groups is 1. The number of halogens is 1. The fraction of sp³-hybridized carbons (Fsp3) is 0.400. The van der Waals surface area contributed by atoms with Gasteiger partial charge in [-0.2, -0.15) is 0 Å². The lowest BCUT2D eigenvalue weighted by Crippen LogP contribution is -2.44. The molecule has 1 aliphatic heterocycles. The van der Waals surface area contributed by atoms with Crippen LogP contribution in [0.5, 0.6) is 0 Å². The summed E-state index contributed by atoms with van der Waals surface area (Å²) in [7, 11) is 0. The predicted octanol–water partition coefficient (Wildman–Crippen LogP) is 2.78. The number of amides is 1. The molecule has 0 atom stereocenters. The third-order valence-electron chi connectivity index (χ3n) is 4.73. The van der Waals surface area contributed by atoms with E-state index >= 15 is 0 Å². The molecule has 1 fully saturated rings. The Bertz CT molecular complexity index is 783.